The molecule has 6 heteroatoms. The third-order valence-corrected chi connectivity index (χ3v) is 2.22. The second kappa shape index (κ2) is 5.93. The summed E-state index contributed by atoms with van der Waals surface area (Å²) in [5.74, 6) is -1.92. The van der Waals surface area contributed by atoms with E-state index in [1.165, 1.54) is 6.07 Å². The molecule has 0 aliphatic rings. The fraction of sp³-hybridized carbons (Fsp3) is 0.889. The molecular formula is C9H16F3N3. The Morgan fingerprint density at radius 1 is 1.33 bits per heavy atom. The highest BCUT2D eigenvalue weighted by Crippen LogP contribution is 2.24. The van der Waals surface area contributed by atoms with E-state index < -0.39 is 12.1 Å². The van der Waals surface area contributed by atoms with Crippen molar-refractivity contribution in [2.45, 2.75) is 19.1 Å². The summed E-state index contributed by atoms with van der Waals surface area (Å²) in [7, 11) is 3.69. The van der Waals surface area contributed by atoms with Crippen molar-refractivity contribution in [1.82, 2.24) is 10.2 Å². The van der Waals surface area contributed by atoms with E-state index in [4.69, 9.17) is 5.26 Å². The number of likely N-dealkylation sites (N-methyl/N-ethyl adjacent to an activating group) is 1. The second-order valence-corrected chi connectivity index (χ2v) is 3.69. The Labute approximate surface area is 87.9 Å². The average Bonchev–Trinajstić information content (AvgIpc) is 2.09. The molecule has 2 atom stereocenters. The smallest absolute Gasteiger partial charge is 0.314 e. The van der Waals surface area contributed by atoms with Gasteiger partial charge in [0.25, 0.3) is 0 Å². The molecule has 0 aromatic heterocycles. The van der Waals surface area contributed by atoms with Crippen molar-refractivity contribution in [1.29, 1.82) is 5.26 Å². The zero-order chi connectivity index (χ0) is 12.1. The van der Waals surface area contributed by atoms with Gasteiger partial charge in [-0.15, -0.1) is 0 Å². The Morgan fingerprint density at radius 2 is 1.87 bits per heavy atom. The number of hydrogen-bond acceptors (Lipinski definition) is 3. The Morgan fingerprint density at radius 3 is 2.20 bits per heavy atom. The van der Waals surface area contributed by atoms with E-state index >= 15 is 0 Å². The molecule has 15 heavy (non-hydrogen) atoms. The van der Waals surface area contributed by atoms with Crippen LogP contribution in [-0.4, -0.2) is 44.3 Å². The SMILES string of the molecule is CC(CNCC(C#N)C(F)(F)F)N(C)C. The number of nitriles is 1. The van der Waals surface area contributed by atoms with Crippen molar-refractivity contribution in [3.05, 3.63) is 0 Å². The first kappa shape index (κ1) is 14.2. The quantitative estimate of drug-likeness (QED) is 0.762. The van der Waals surface area contributed by atoms with Crippen LogP contribution in [0.2, 0.25) is 0 Å². The van der Waals surface area contributed by atoms with Crippen molar-refractivity contribution in [3.63, 3.8) is 0 Å². The van der Waals surface area contributed by atoms with Gasteiger partial charge in [0.15, 0.2) is 5.92 Å². The molecule has 88 valence electrons. The van der Waals surface area contributed by atoms with Crippen molar-refractivity contribution in [3.8, 4) is 6.07 Å². The molecule has 3 nitrogen and oxygen atoms in total. The van der Waals surface area contributed by atoms with Gasteiger partial charge in [-0.3, -0.25) is 0 Å². The number of nitrogens with one attached hydrogen (secondary N) is 1. The summed E-state index contributed by atoms with van der Waals surface area (Å²) in [6.07, 6.45) is -4.44. The molecule has 0 rings (SSSR count). The molecule has 0 aliphatic carbocycles. The Bertz CT molecular complexity index is 220. The largest absolute Gasteiger partial charge is 0.405 e. The minimum atomic E-state index is -4.44. The summed E-state index contributed by atoms with van der Waals surface area (Å²) in [5.41, 5.74) is 0. The Balaban J connectivity index is 3.90. The molecule has 0 saturated carbocycles. The van der Waals surface area contributed by atoms with Gasteiger partial charge < -0.3 is 10.2 Å². The van der Waals surface area contributed by atoms with Crippen LogP contribution in [0.1, 0.15) is 6.92 Å². The highest BCUT2D eigenvalue weighted by atomic mass is 19.4. The van der Waals surface area contributed by atoms with Gasteiger partial charge in [0.05, 0.1) is 6.07 Å². The molecule has 0 aromatic carbocycles. The van der Waals surface area contributed by atoms with Crippen molar-refractivity contribution in [2.24, 2.45) is 5.92 Å². The van der Waals surface area contributed by atoms with Crippen molar-refractivity contribution >= 4 is 0 Å². The molecular weight excluding hydrogens is 207 g/mol. The molecule has 0 bridgehead atoms. The van der Waals surface area contributed by atoms with Crippen LogP contribution in [0.15, 0.2) is 0 Å². The molecule has 0 aromatic rings. The molecule has 0 amide bonds. The number of nitrogens with zero attached hydrogens (tertiary/aromatic N) is 2. The maximum absolute atomic E-state index is 12.1. The zero-order valence-corrected chi connectivity index (χ0v) is 9.10. The summed E-state index contributed by atoms with van der Waals surface area (Å²) < 4.78 is 36.4. The predicted octanol–water partition coefficient (Wildman–Crippen LogP) is 1.23. The first-order valence-corrected chi connectivity index (χ1v) is 4.62. The molecule has 0 radical (unpaired) electrons. The lowest BCUT2D eigenvalue weighted by molar-refractivity contribution is -0.157. The third kappa shape index (κ3) is 5.60. The van der Waals surface area contributed by atoms with Crippen LogP contribution in [0.25, 0.3) is 0 Å². The van der Waals surface area contributed by atoms with Gasteiger partial charge in [0, 0.05) is 19.1 Å². The van der Waals surface area contributed by atoms with Gasteiger partial charge in [0.1, 0.15) is 0 Å². The number of rotatable bonds is 5. The Hall–Kier alpha value is -0.800. The van der Waals surface area contributed by atoms with Gasteiger partial charge in [-0.05, 0) is 21.0 Å². The monoisotopic (exact) mass is 223 g/mol. The molecule has 0 heterocycles. The van der Waals surface area contributed by atoms with Crippen molar-refractivity contribution < 1.29 is 13.2 Å². The van der Waals surface area contributed by atoms with Crippen LogP contribution < -0.4 is 5.32 Å². The lowest BCUT2D eigenvalue weighted by Crippen LogP contribution is -2.39. The minimum Gasteiger partial charge on any atom is -0.314 e. The number of alkyl halides is 3. The minimum absolute atomic E-state index is 0.137. The van der Waals surface area contributed by atoms with E-state index in [0.29, 0.717) is 6.54 Å². The molecule has 0 fully saturated rings. The second-order valence-electron chi connectivity index (χ2n) is 3.69. The van der Waals surface area contributed by atoms with E-state index in [9.17, 15) is 13.2 Å². The van der Waals surface area contributed by atoms with Gasteiger partial charge >= 0.3 is 6.18 Å². The van der Waals surface area contributed by atoms with E-state index in [0.717, 1.165) is 0 Å². The average molecular weight is 223 g/mol. The van der Waals surface area contributed by atoms with Crippen LogP contribution in [-0.2, 0) is 0 Å². The fourth-order valence-corrected chi connectivity index (χ4v) is 0.854. The van der Waals surface area contributed by atoms with Crippen molar-refractivity contribution in [2.75, 3.05) is 27.2 Å². The summed E-state index contributed by atoms with van der Waals surface area (Å²) in [6.45, 7) is 1.97. The lowest BCUT2D eigenvalue weighted by Gasteiger charge is -2.21. The Kier molecular flexibility index (Phi) is 5.61. The highest BCUT2D eigenvalue weighted by Gasteiger charge is 2.39. The highest BCUT2D eigenvalue weighted by molar-refractivity contribution is 4.90. The summed E-state index contributed by atoms with van der Waals surface area (Å²) in [4.78, 5) is 1.89. The summed E-state index contributed by atoms with van der Waals surface area (Å²) >= 11 is 0. The van der Waals surface area contributed by atoms with E-state index in [-0.39, 0.29) is 12.6 Å². The standard InChI is InChI=1S/C9H16F3N3/c1-7(15(2)3)5-14-6-8(4-13)9(10,11)12/h7-8,14H,5-6H2,1-3H3. The molecule has 0 aliphatic heterocycles. The van der Waals surface area contributed by atoms with Crippen LogP contribution in [0.3, 0.4) is 0 Å². The maximum atomic E-state index is 12.1. The first-order chi connectivity index (χ1) is 6.79. The van der Waals surface area contributed by atoms with E-state index in [2.05, 4.69) is 5.32 Å². The third-order valence-electron chi connectivity index (χ3n) is 2.22. The van der Waals surface area contributed by atoms with E-state index in [1.54, 1.807) is 0 Å². The van der Waals surface area contributed by atoms with E-state index in [1.807, 2.05) is 25.9 Å². The van der Waals surface area contributed by atoms with Crippen LogP contribution in [0.4, 0.5) is 13.2 Å². The van der Waals surface area contributed by atoms with Gasteiger partial charge in [-0.2, -0.15) is 18.4 Å². The maximum Gasteiger partial charge on any atom is 0.405 e. The molecule has 1 N–H and O–H groups in total. The van der Waals surface area contributed by atoms with Gasteiger partial charge in [-0.25, -0.2) is 0 Å². The molecule has 0 spiro atoms. The number of halogens is 3. The summed E-state index contributed by atoms with van der Waals surface area (Å²) in [6, 6.07) is 1.38. The summed E-state index contributed by atoms with van der Waals surface area (Å²) in [5, 5.41) is 11.0. The number of hydrogen-bond donors (Lipinski definition) is 1. The van der Waals surface area contributed by atoms with Crippen LogP contribution in [0, 0.1) is 17.2 Å². The normalized spacial score (nSPS) is 16.1. The topological polar surface area (TPSA) is 39.1 Å². The van der Waals surface area contributed by atoms with Gasteiger partial charge in [0.2, 0.25) is 0 Å². The van der Waals surface area contributed by atoms with Crippen LogP contribution >= 0.6 is 0 Å². The zero-order valence-electron chi connectivity index (χ0n) is 9.10. The van der Waals surface area contributed by atoms with Gasteiger partial charge in [-0.1, -0.05) is 0 Å². The fourth-order valence-electron chi connectivity index (χ4n) is 0.854. The molecule has 0 saturated heterocycles. The molecule has 2 unspecified atom stereocenters. The first-order valence-electron chi connectivity index (χ1n) is 4.62. The van der Waals surface area contributed by atoms with Crippen LogP contribution in [0.5, 0.6) is 0 Å². The predicted molar refractivity (Wildman–Crippen MR) is 51.2 cm³/mol. The lowest BCUT2D eigenvalue weighted by atomic mass is 10.1.